The molecule has 2 saturated heterocycles. The highest BCUT2D eigenvalue weighted by Gasteiger charge is 2.24. The molecule has 0 amide bonds. The molecule has 4 atom stereocenters. The molecule has 2 aromatic carbocycles. The molecule has 4 unspecified atom stereocenters. The monoisotopic (exact) mass is 408 g/mol. The highest BCUT2D eigenvalue weighted by Crippen LogP contribution is 2.29. The van der Waals surface area contributed by atoms with Crippen molar-refractivity contribution >= 4 is 5.78 Å². The summed E-state index contributed by atoms with van der Waals surface area (Å²) in [5.41, 5.74) is 4.43. The van der Waals surface area contributed by atoms with Gasteiger partial charge in [-0.2, -0.15) is 0 Å². The number of carbonyl (C=O) groups is 1. The summed E-state index contributed by atoms with van der Waals surface area (Å²) in [5, 5.41) is 6.71. The van der Waals surface area contributed by atoms with Crippen LogP contribution < -0.4 is 10.6 Å². The minimum Gasteiger partial charge on any atom is -0.371 e. The molecule has 0 saturated carbocycles. The molecule has 0 spiro atoms. The van der Waals surface area contributed by atoms with Crippen molar-refractivity contribution in [1.29, 1.82) is 0 Å². The summed E-state index contributed by atoms with van der Waals surface area (Å²) in [6.07, 6.45) is 0.194. The lowest BCUT2D eigenvalue weighted by Gasteiger charge is -2.25. The van der Waals surface area contributed by atoms with E-state index in [1.54, 1.807) is 0 Å². The number of rotatable bonds is 6. The lowest BCUT2D eigenvalue weighted by atomic mass is 9.85. The van der Waals surface area contributed by atoms with E-state index < -0.39 is 0 Å². The largest absolute Gasteiger partial charge is 0.371 e. The van der Waals surface area contributed by atoms with Gasteiger partial charge in [-0.05, 0) is 22.3 Å². The van der Waals surface area contributed by atoms with Crippen LogP contribution in [0.1, 0.15) is 60.1 Å². The van der Waals surface area contributed by atoms with Gasteiger partial charge in [0.15, 0.2) is 0 Å². The van der Waals surface area contributed by atoms with Gasteiger partial charge in [-0.3, -0.25) is 4.79 Å². The van der Waals surface area contributed by atoms with Crippen molar-refractivity contribution in [3.63, 3.8) is 0 Å². The molecule has 0 aromatic heterocycles. The summed E-state index contributed by atoms with van der Waals surface area (Å²) in [6, 6.07) is 16.6. The molecule has 5 nitrogen and oxygen atoms in total. The van der Waals surface area contributed by atoms with E-state index in [-0.39, 0.29) is 29.8 Å². The Hall–Kier alpha value is -2.05. The third kappa shape index (κ3) is 4.81. The summed E-state index contributed by atoms with van der Waals surface area (Å²) in [6.45, 7) is 8.96. The van der Waals surface area contributed by atoms with Crippen LogP contribution in [-0.4, -0.2) is 45.2 Å². The van der Waals surface area contributed by atoms with Gasteiger partial charge in [0, 0.05) is 38.0 Å². The molecule has 160 valence electrons. The second kappa shape index (κ2) is 9.84. The van der Waals surface area contributed by atoms with Crippen molar-refractivity contribution in [3.8, 4) is 0 Å². The van der Waals surface area contributed by atoms with Gasteiger partial charge in [0.05, 0.1) is 25.4 Å². The molecule has 4 rings (SSSR count). The molecule has 2 aromatic rings. The summed E-state index contributed by atoms with van der Waals surface area (Å²) in [4.78, 5) is 13.1. The van der Waals surface area contributed by atoms with Crippen LogP contribution in [0.15, 0.2) is 48.5 Å². The zero-order valence-electron chi connectivity index (χ0n) is 17.9. The maximum atomic E-state index is 13.1. The molecule has 2 heterocycles. The van der Waals surface area contributed by atoms with Crippen LogP contribution >= 0.6 is 0 Å². The predicted octanol–water partition coefficient (Wildman–Crippen LogP) is 3.48. The Morgan fingerprint density at radius 2 is 1.17 bits per heavy atom. The van der Waals surface area contributed by atoms with Crippen molar-refractivity contribution in [2.75, 3.05) is 39.4 Å². The fraction of sp³-hybridized carbons (Fsp3) is 0.480. The summed E-state index contributed by atoms with van der Waals surface area (Å²) in [7, 11) is 0. The Labute approximate surface area is 179 Å². The quantitative estimate of drug-likeness (QED) is 0.766. The maximum Gasteiger partial charge on any atom is 0.147 e. The fourth-order valence-corrected chi connectivity index (χ4v) is 4.26. The van der Waals surface area contributed by atoms with E-state index in [2.05, 4.69) is 59.2 Å². The third-order valence-electron chi connectivity index (χ3n) is 6.33. The third-order valence-corrected chi connectivity index (χ3v) is 6.33. The molecule has 2 fully saturated rings. The topological polar surface area (TPSA) is 59.6 Å². The summed E-state index contributed by atoms with van der Waals surface area (Å²) in [5.74, 6) is -0.0586. The Kier molecular flexibility index (Phi) is 6.95. The zero-order chi connectivity index (χ0) is 20.9. The molecular formula is C25H32N2O3. The lowest BCUT2D eigenvalue weighted by Crippen LogP contribution is -2.33. The molecule has 0 radical (unpaired) electrons. The first kappa shape index (κ1) is 21.2. The number of carbonyl (C=O) groups excluding carboxylic acids is 1. The molecule has 2 aliphatic heterocycles. The minimum atomic E-state index is -0.148. The number of hydrogen-bond acceptors (Lipinski definition) is 5. The standard InChI is InChI=1S/C25H32N2O3/c1-17(19-3-7-21(8-4-19)23-15-26-11-13-29-23)25(28)18(2)20-5-9-22(10-6-20)24-16-27-12-14-30-24/h3-10,17-18,23-24,26-27H,11-16H2,1-2H3. The van der Waals surface area contributed by atoms with E-state index in [0.717, 1.165) is 61.6 Å². The van der Waals surface area contributed by atoms with Gasteiger partial charge >= 0.3 is 0 Å². The number of Topliss-reactive ketones (excluding diaryl/α,β-unsaturated/α-hetero) is 1. The lowest BCUT2D eigenvalue weighted by molar-refractivity contribution is -0.121. The van der Waals surface area contributed by atoms with Crippen molar-refractivity contribution in [2.45, 2.75) is 37.9 Å². The maximum absolute atomic E-state index is 13.1. The SMILES string of the molecule is CC(C(=O)C(C)c1ccc(C2CNCCO2)cc1)c1ccc(C2CNCCO2)cc1. The van der Waals surface area contributed by atoms with Crippen LogP contribution in [0.5, 0.6) is 0 Å². The normalized spacial score (nSPS) is 24.2. The van der Waals surface area contributed by atoms with Crippen LogP contribution in [-0.2, 0) is 14.3 Å². The van der Waals surface area contributed by atoms with Gasteiger partial charge in [-0.1, -0.05) is 62.4 Å². The van der Waals surface area contributed by atoms with Crippen molar-refractivity contribution in [2.24, 2.45) is 0 Å². The Balaban J connectivity index is 1.40. The van der Waals surface area contributed by atoms with E-state index in [4.69, 9.17) is 9.47 Å². The highest BCUT2D eigenvalue weighted by molar-refractivity contribution is 5.91. The minimum absolute atomic E-state index is 0.0968. The van der Waals surface area contributed by atoms with Gasteiger partial charge in [0.2, 0.25) is 0 Å². The average Bonchev–Trinajstić information content (AvgIpc) is 2.84. The summed E-state index contributed by atoms with van der Waals surface area (Å²) < 4.78 is 11.6. The molecule has 0 aliphatic carbocycles. The van der Waals surface area contributed by atoms with E-state index in [0.29, 0.717) is 0 Å². The van der Waals surface area contributed by atoms with Crippen LogP contribution in [0.3, 0.4) is 0 Å². The van der Waals surface area contributed by atoms with Gasteiger partial charge in [-0.15, -0.1) is 0 Å². The van der Waals surface area contributed by atoms with Gasteiger partial charge in [0.1, 0.15) is 5.78 Å². The van der Waals surface area contributed by atoms with Gasteiger partial charge in [-0.25, -0.2) is 0 Å². The number of ether oxygens (including phenoxy) is 2. The molecular weight excluding hydrogens is 376 g/mol. The Morgan fingerprint density at radius 3 is 1.50 bits per heavy atom. The van der Waals surface area contributed by atoms with Crippen LogP contribution in [0.4, 0.5) is 0 Å². The average molecular weight is 409 g/mol. The van der Waals surface area contributed by atoms with Crippen LogP contribution in [0, 0.1) is 0 Å². The predicted molar refractivity (Wildman–Crippen MR) is 118 cm³/mol. The fourth-order valence-electron chi connectivity index (χ4n) is 4.26. The van der Waals surface area contributed by atoms with E-state index >= 15 is 0 Å². The van der Waals surface area contributed by atoms with Gasteiger partial charge < -0.3 is 20.1 Å². The molecule has 2 N–H and O–H groups in total. The van der Waals surface area contributed by atoms with Crippen molar-refractivity contribution in [1.82, 2.24) is 10.6 Å². The molecule has 0 bridgehead atoms. The first-order valence-electron chi connectivity index (χ1n) is 11.0. The second-order valence-electron chi connectivity index (χ2n) is 8.31. The first-order chi connectivity index (χ1) is 14.6. The van der Waals surface area contributed by atoms with Crippen molar-refractivity contribution < 1.29 is 14.3 Å². The summed E-state index contributed by atoms with van der Waals surface area (Å²) >= 11 is 0. The smallest absolute Gasteiger partial charge is 0.147 e. The Morgan fingerprint density at radius 1 is 0.767 bits per heavy atom. The number of ketones is 1. The molecule has 30 heavy (non-hydrogen) atoms. The van der Waals surface area contributed by atoms with Gasteiger partial charge in [0.25, 0.3) is 0 Å². The number of morpholine rings is 2. The van der Waals surface area contributed by atoms with Crippen molar-refractivity contribution in [3.05, 3.63) is 70.8 Å². The Bertz CT molecular complexity index is 753. The van der Waals surface area contributed by atoms with E-state index in [1.165, 1.54) is 0 Å². The molecule has 2 aliphatic rings. The van der Waals surface area contributed by atoms with Crippen LogP contribution in [0.2, 0.25) is 0 Å². The van der Waals surface area contributed by atoms with Crippen LogP contribution in [0.25, 0.3) is 0 Å². The second-order valence-corrected chi connectivity index (χ2v) is 8.31. The number of nitrogens with one attached hydrogen (secondary N) is 2. The number of hydrogen-bond donors (Lipinski definition) is 2. The highest BCUT2D eigenvalue weighted by atomic mass is 16.5. The van der Waals surface area contributed by atoms with E-state index in [9.17, 15) is 4.79 Å². The van der Waals surface area contributed by atoms with E-state index in [1.807, 2.05) is 13.8 Å². The molecule has 5 heteroatoms. The zero-order valence-corrected chi connectivity index (χ0v) is 17.9. The number of benzene rings is 2. The first-order valence-corrected chi connectivity index (χ1v) is 11.0.